The molecule has 0 saturated heterocycles. The van der Waals surface area contributed by atoms with Gasteiger partial charge in [-0.2, -0.15) is 0 Å². The summed E-state index contributed by atoms with van der Waals surface area (Å²) in [7, 11) is 4.58. The number of aliphatic carboxylic acids is 1. The van der Waals surface area contributed by atoms with E-state index >= 15 is 0 Å². The van der Waals surface area contributed by atoms with Crippen LogP contribution in [-0.2, 0) is 16.0 Å². The maximum Gasteiger partial charge on any atom is 0.305 e. The molecule has 0 aliphatic heterocycles. The van der Waals surface area contributed by atoms with Crippen LogP contribution in [0.2, 0.25) is 0 Å². The van der Waals surface area contributed by atoms with Crippen LogP contribution in [0.25, 0.3) is 0 Å². The van der Waals surface area contributed by atoms with E-state index in [0.717, 1.165) is 5.56 Å². The molecule has 1 aromatic carbocycles. The van der Waals surface area contributed by atoms with E-state index in [2.05, 4.69) is 5.32 Å². The monoisotopic (exact) mass is 311 g/mol. The van der Waals surface area contributed by atoms with Crippen molar-refractivity contribution < 1.29 is 28.9 Å². The summed E-state index contributed by atoms with van der Waals surface area (Å²) in [6.07, 6.45) is 0.643. The van der Waals surface area contributed by atoms with E-state index in [0.29, 0.717) is 23.7 Å². The zero-order valence-corrected chi connectivity index (χ0v) is 13.0. The van der Waals surface area contributed by atoms with E-state index in [-0.39, 0.29) is 25.3 Å². The molecule has 0 unspecified atom stereocenters. The van der Waals surface area contributed by atoms with Gasteiger partial charge in [0.15, 0.2) is 11.5 Å². The molecule has 122 valence electrons. The number of carbonyl (C=O) groups is 2. The van der Waals surface area contributed by atoms with Crippen LogP contribution in [0.4, 0.5) is 0 Å². The topological polar surface area (TPSA) is 94.1 Å². The lowest BCUT2D eigenvalue weighted by atomic mass is 10.1. The second kappa shape index (κ2) is 8.76. The lowest BCUT2D eigenvalue weighted by Crippen LogP contribution is -2.26. The Morgan fingerprint density at radius 1 is 1.05 bits per heavy atom. The normalized spacial score (nSPS) is 9.95. The molecule has 0 saturated carbocycles. The number of aryl methyl sites for hydroxylation is 1. The van der Waals surface area contributed by atoms with Gasteiger partial charge in [0.05, 0.1) is 27.8 Å². The van der Waals surface area contributed by atoms with Crippen LogP contribution in [0.3, 0.4) is 0 Å². The SMILES string of the molecule is COc1cc(CCC(=O)NCCC(=O)O)cc(OC)c1OC. The summed E-state index contributed by atoms with van der Waals surface area (Å²) >= 11 is 0. The Labute approximate surface area is 129 Å². The van der Waals surface area contributed by atoms with Crippen molar-refractivity contribution in [1.29, 1.82) is 0 Å². The molecule has 1 aromatic rings. The minimum Gasteiger partial charge on any atom is -0.493 e. The van der Waals surface area contributed by atoms with E-state index < -0.39 is 5.97 Å². The quantitative estimate of drug-likeness (QED) is 0.712. The molecular weight excluding hydrogens is 290 g/mol. The average molecular weight is 311 g/mol. The van der Waals surface area contributed by atoms with Gasteiger partial charge in [0, 0.05) is 13.0 Å². The smallest absolute Gasteiger partial charge is 0.305 e. The van der Waals surface area contributed by atoms with E-state index in [1.54, 1.807) is 12.1 Å². The van der Waals surface area contributed by atoms with Gasteiger partial charge in [0.1, 0.15) is 0 Å². The summed E-state index contributed by atoms with van der Waals surface area (Å²) in [6, 6.07) is 3.57. The Morgan fingerprint density at radius 2 is 1.64 bits per heavy atom. The number of rotatable bonds is 9. The minimum atomic E-state index is -0.940. The summed E-state index contributed by atoms with van der Waals surface area (Å²) in [6.45, 7) is 0.128. The molecule has 0 aliphatic carbocycles. The van der Waals surface area contributed by atoms with Crippen molar-refractivity contribution in [2.24, 2.45) is 0 Å². The molecule has 7 heteroatoms. The number of amides is 1. The highest BCUT2D eigenvalue weighted by Crippen LogP contribution is 2.38. The van der Waals surface area contributed by atoms with Crippen LogP contribution >= 0.6 is 0 Å². The molecule has 2 N–H and O–H groups in total. The van der Waals surface area contributed by atoms with Gasteiger partial charge < -0.3 is 24.6 Å². The summed E-state index contributed by atoms with van der Waals surface area (Å²) in [5, 5.41) is 11.1. The third kappa shape index (κ3) is 5.16. The number of ether oxygens (including phenoxy) is 3. The third-order valence-electron chi connectivity index (χ3n) is 3.03. The first-order valence-electron chi connectivity index (χ1n) is 6.79. The number of hydrogen-bond acceptors (Lipinski definition) is 5. The van der Waals surface area contributed by atoms with Crippen LogP contribution in [-0.4, -0.2) is 44.9 Å². The van der Waals surface area contributed by atoms with Gasteiger partial charge in [-0.3, -0.25) is 9.59 Å². The van der Waals surface area contributed by atoms with Crippen molar-refractivity contribution in [3.63, 3.8) is 0 Å². The summed E-state index contributed by atoms with van der Waals surface area (Å²) < 4.78 is 15.7. The number of benzene rings is 1. The Hall–Kier alpha value is -2.44. The molecule has 1 amide bonds. The van der Waals surface area contributed by atoms with Gasteiger partial charge in [-0.1, -0.05) is 0 Å². The molecule has 22 heavy (non-hydrogen) atoms. The van der Waals surface area contributed by atoms with E-state index in [9.17, 15) is 9.59 Å². The van der Waals surface area contributed by atoms with Crippen LogP contribution in [0.15, 0.2) is 12.1 Å². The summed E-state index contributed by atoms with van der Waals surface area (Å²) in [5.41, 5.74) is 0.864. The highest BCUT2D eigenvalue weighted by atomic mass is 16.5. The minimum absolute atomic E-state index is 0.0874. The first-order valence-corrected chi connectivity index (χ1v) is 6.79. The van der Waals surface area contributed by atoms with E-state index in [1.165, 1.54) is 21.3 Å². The van der Waals surface area contributed by atoms with Gasteiger partial charge in [-0.25, -0.2) is 0 Å². The molecule has 0 heterocycles. The van der Waals surface area contributed by atoms with Crippen LogP contribution in [0, 0.1) is 0 Å². The second-order valence-electron chi connectivity index (χ2n) is 4.53. The van der Waals surface area contributed by atoms with Gasteiger partial charge in [-0.15, -0.1) is 0 Å². The van der Waals surface area contributed by atoms with E-state index in [4.69, 9.17) is 19.3 Å². The fourth-order valence-corrected chi connectivity index (χ4v) is 1.93. The standard InChI is InChI=1S/C15H21NO6/c1-20-11-8-10(9-12(21-2)15(11)22-3)4-5-13(17)16-7-6-14(18)19/h8-9H,4-7H2,1-3H3,(H,16,17)(H,18,19). The summed E-state index contributed by atoms with van der Waals surface area (Å²) in [4.78, 5) is 22.0. The van der Waals surface area contributed by atoms with Crippen molar-refractivity contribution in [3.05, 3.63) is 17.7 Å². The number of carbonyl (C=O) groups excluding carboxylic acids is 1. The molecular formula is C15H21NO6. The number of hydrogen-bond donors (Lipinski definition) is 2. The largest absolute Gasteiger partial charge is 0.493 e. The highest BCUT2D eigenvalue weighted by molar-refractivity contribution is 5.77. The maximum absolute atomic E-state index is 11.6. The Balaban J connectivity index is 2.65. The number of nitrogens with one attached hydrogen (secondary N) is 1. The molecule has 0 aliphatic rings. The van der Waals surface area contributed by atoms with Gasteiger partial charge in [0.25, 0.3) is 0 Å². The van der Waals surface area contributed by atoms with E-state index in [1.807, 2.05) is 0 Å². The Morgan fingerprint density at radius 3 is 2.09 bits per heavy atom. The van der Waals surface area contributed by atoms with Gasteiger partial charge >= 0.3 is 5.97 Å². The predicted octanol–water partition coefficient (Wildman–Crippen LogP) is 1.24. The zero-order chi connectivity index (χ0) is 16.5. The molecule has 0 fully saturated rings. The van der Waals surface area contributed by atoms with Crippen LogP contribution < -0.4 is 19.5 Å². The van der Waals surface area contributed by atoms with Crippen LogP contribution in [0.5, 0.6) is 17.2 Å². The first kappa shape index (κ1) is 17.6. The van der Waals surface area contributed by atoms with Gasteiger partial charge in [0.2, 0.25) is 11.7 Å². The second-order valence-corrected chi connectivity index (χ2v) is 4.53. The molecule has 0 aromatic heterocycles. The molecule has 1 rings (SSSR count). The van der Waals surface area contributed by atoms with Crippen molar-refractivity contribution >= 4 is 11.9 Å². The fourth-order valence-electron chi connectivity index (χ4n) is 1.93. The molecule has 0 bridgehead atoms. The molecule has 0 spiro atoms. The lowest BCUT2D eigenvalue weighted by Gasteiger charge is -2.14. The van der Waals surface area contributed by atoms with Crippen molar-refractivity contribution in [2.45, 2.75) is 19.3 Å². The van der Waals surface area contributed by atoms with Crippen molar-refractivity contribution in [3.8, 4) is 17.2 Å². The predicted molar refractivity (Wildman–Crippen MR) is 79.7 cm³/mol. The van der Waals surface area contributed by atoms with Crippen LogP contribution in [0.1, 0.15) is 18.4 Å². The maximum atomic E-state index is 11.6. The van der Waals surface area contributed by atoms with Crippen molar-refractivity contribution in [1.82, 2.24) is 5.32 Å². The average Bonchev–Trinajstić information content (AvgIpc) is 2.51. The lowest BCUT2D eigenvalue weighted by molar-refractivity contribution is -0.136. The zero-order valence-electron chi connectivity index (χ0n) is 13.0. The highest BCUT2D eigenvalue weighted by Gasteiger charge is 2.13. The number of carboxylic acids is 1. The number of methoxy groups -OCH3 is 3. The molecule has 0 radical (unpaired) electrons. The van der Waals surface area contributed by atoms with Crippen molar-refractivity contribution in [2.75, 3.05) is 27.9 Å². The first-order chi connectivity index (χ1) is 10.5. The van der Waals surface area contributed by atoms with Gasteiger partial charge in [-0.05, 0) is 24.1 Å². The third-order valence-corrected chi connectivity index (χ3v) is 3.03. The summed E-state index contributed by atoms with van der Waals surface area (Å²) in [5.74, 6) is 0.422. The Kier molecular flexibility index (Phi) is 7.01. The molecule has 7 nitrogen and oxygen atoms in total. The fraction of sp³-hybridized carbons (Fsp3) is 0.467. The Bertz CT molecular complexity index is 504. The number of carboxylic acid groups (broad SMARTS) is 1. The molecule has 0 atom stereocenters.